The van der Waals surface area contributed by atoms with Crippen LogP contribution in [0.15, 0.2) is 72.8 Å². The number of rotatable bonds is 10. The molecular weight excluding hydrogens is 439 g/mol. The molecule has 3 aromatic rings. The van der Waals surface area contributed by atoms with Crippen molar-refractivity contribution in [3.05, 3.63) is 106 Å². The monoisotopic (exact) mass is 474 g/mol. The van der Waals surface area contributed by atoms with Crippen LogP contribution in [0.5, 0.6) is 0 Å². The Kier molecular flexibility index (Phi) is 9.18. The summed E-state index contributed by atoms with van der Waals surface area (Å²) in [5, 5.41) is 2.99. The van der Waals surface area contributed by atoms with Gasteiger partial charge in [-0.05, 0) is 48.1 Å². The second-order valence-electron chi connectivity index (χ2n) is 9.55. The number of amides is 2. The van der Waals surface area contributed by atoms with E-state index in [1.807, 2.05) is 76.2 Å². The number of hydrogen-bond donors (Lipinski definition) is 1. The predicted octanol–water partition coefficient (Wildman–Crippen LogP) is 5.40. The molecule has 1 atom stereocenters. The standard InChI is InChI=1S/C30H35FN2O2/c1-21(2)19-32-30(35)28(17-24-10-6-5-7-11-24)33(20-26-12-8-9-13-27(26)31)29(34)18-25-15-14-22(3)23(4)16-25/h5-16,21,28H,17-20H2,1-4H3,(H,32,35). The minimum Gasteiger partial charge on any atom is -0.354 e. The fourth-order valence-electron chi connectivity index (χ4n) is 3.98. The maximum atomic E-state index is 14.6. The zero-order chi connectivity index (χ0) is 25.4. The number of carbonyl (C=O) groups excluding carboxylic acids is 2. The van der Waals surface area contributed by atoms with E-state index < -0.39 is 11.9 Å². The maximum absolute atomic E-state index is 14.6. The van der Waals surface area contributed by atoms with E-state index in [-0.39, 0.29) is 30.7 Å². The molecule has 3 aromatic carbocycles. The summed E-state index contributed by atoms with van der Waals surface area (Å²) in [4.78, 5) is 28.7. The zero-order valence-corrected chi connectivity index (χ0v) is 21.1. The minimum absolute atomic E-state index is 0.0168. The molecule has 0 radical (unpaired) electrons. The lowest BCUT2D eigenvalue weighted by Gasteiger charge is -2.32. The molecule has 2 amide bonds. The predicted molar refractivity (Wildman–Crippen MR) is 138 cm³/mol. The Hall–Kier alpha value is -3.47. The van der Waals surface area contributed by atoms with Crippen LogP contribution in [0, 0.1) is 25.6 Å². The molecule has 0 spiro atoms. The van der Waals surface area contributed by atoms with Crippen LogP contribution in [0.3, 0.4) is 0 Å². The number of aryl methyl sites for hydroxylation is 2. The largest absolute Gasteiger partial charge is 0.354 e. The van der Waals surface area contributed by atoms with E-state index in [2.05, 4.69) is 5.32 Å². The third-order valence-electron chi connectivity index (χ3n) is 6.18. The van der Waals surface area contributed by atoms with Crippen molar-refractivity contribution in [2.75, 3.05) is 6.54 Å². The summed E-state index contributed by atoms with van der Waals surface area (Å²) in [5.74, 6) is -0.565. The van der Waals surface area contributed by atoms with E-state index >= 15 is 0 Å². The van der Waals surface area contributed by atoms with Gasteiger partial charge in [0.15, 0.2) is 0 Å². The van der Waals surface area contributed by atoms with Gasteiger partial charge in [-0.25, -0.2) is 4.39 Å². The van der Waals surface area contributed by atoms with Gasteiger partial charge in [0.2, 0.25) is 11.8 Å². The van der Waals surface area contributed by atoms with Crippen LogP contribution >= 0.6 is 0 Å². The summed E-state index contributed by atoms with van der Waals surface area (Å²) in [7, 11) is 0. The van der Waals surface area contributed by atoms with Gasteiger partial charge in [0, 0.05) is 25.1 Å². The van der Waals surface area contributed by atoms with Crippen molar-refractivity contribution in [2.24, 2.45) is 5.92 Å². The van der Waals surface area contributed by atoms with Gasteiger partial charge in [-0.2, -0.15) is 0 Å². The van der Waals surface area contributed by atoms with Crippen LogP contribution in [0.4, 0.5) is 4.39 Å². The molecule has 1 unspecified atom stereocenters. The van der Waals surface area contributed by atoms with E-state index in [4.69, 9.17) is 0 Å². The van der Waals surface area contributed by atoms with Crippen molar-refractivity contribution < 1.29 is 14.0 Å². The van der Waals surface area contributed by atoms with Crippen molar-refractivity contribution in [2.45, 2.75) is 53.1 Å². The number of carbonyl (C=O) groups is 2. The van der Waals surface area contributed by atoms with Gasteiger partial charge in [-0.3, -0.25) is 9.59 Å². The van der Waals surface area contributed by atoms with Gasteiger partial charge < -0.3 is 10.2 Å². The van der Waals surface area contributed by atoms with Crippen LogP contribution in [-0.4, -0.2) is 29.3 Å². The fourth-order valence-corrected chi connectivity index (χ4v) is 3.98. The Balaban J connectivity index is 1.98. The second-order valence-corrected chi connectivity index (χ2v) is 9.55. The molecule has 0 aliphatic carbocycles. The second kappa shape index (κ2) is 12.3. The minimum atomic E-state index is -0.769. The van der Waals surface area contributed by atoms with Crippen LogP contribution in [0.25, 0.3) is 0 Å². The molecular formula is C30H35FN2O2. The molecule has 0 aliphatic rings. The summed E-state index contributed by atoms with van der Waals surface area (Å²) in [5.41, 5.74) is 4.45. The van der Waals surface area contributed by atoms with Gasteiger partial charge in [-0.15, -0.1) is 0 Å². The van der Waals surface area contributed by atoms with Gasteiger partial charge >= 0.3 is 0 Å². The summed E-state index contributed by atoms with van der Waals surface area (Å²) >= 11 is 0. The Morgan fingerprint density at radius 3 is 2.23 bits per heavy atom. The SMILES string of the molecule is Cc1ccc(CC(=O)N(Cc2ccccc2F)C(Cc2ccccc2)C(=O)NCC(C)C)cc1C. The fraction of sp³-hybridized carbons (Fsp3) is 0.333. The lowest BCUT2D eigenvalue weighted by atomic mass is 10.00. The van der Waals surface area contributed by atoms with Crippen LogP contribution in [0.1, 0.15) is 41.7 Å². The first-order valence-corrected chi connectivity index (χ1v) is 12.1. The molecule has 4 nitrogen and oxygen atoms in total. The first-order valence-electron chi connectivity index (χ1n) is 12.1. The summed E-state index contributed by atoms with van der Waals surface area (Å²) in [6, 6.07) is 21.2. The molecule has 1 N–H and O–H groups in total. The average molecular weight is 475 g/mol. The van der Waals surface area contributed by atoms with Crippen LogP contribution in [0.2, 0.25) is 0 Å². The van der Waals surface area contributed by atoms with Crippen molar-refractivity contribution in [1.29, 1.82) is 0 Å². The first-order chi connectivity index (χ1) is 16.7. The molecule has 0 saturated heterocycles. The van der Waals surface area contributed by atoms with E-state index in [1.54, 1.807) is 18.2 Å². The summed E-state index contributed by atoms with van der Waals surface area (Å²) in [6.45, 7) is 8.60. The highest BCUT2D eigenvalue weighted by Crippen LogP contribution is 2.19. The lowest BCUT2D eigenvalue weighted by Crippen LogP contribution is -2.51. The molecule has 184 valence electrons. The van der Waals surface area contributed by atoms with Crippen molar-refractivity contribution >= 4 is 11.8 Å². The molecule has 0 heterocycles. The van der Waals surface area contributed by atoms with Gasteiger partial charge in [-0.1, -0.05) is 80.6 Å². The number of hydrogen-bond acceptors (Lipinski definition) is 2. The first kappa shape index (κ1) is 26.1. The van der Waals surface area contributed by atoms with E-state index in [0.717, 1.165) is 22.3 Å². The number of nitrogens with one attached hydrogen (secondary N) is 1. The quantitative estimate of drug-likeness (QED) is 0.428. The molecule has 35 heavy (non-hydrogen) atoms. The third-order valence-corrected chi connectivity index (χ3v) is 6.18. The van der Waals surface area contributed by atoms with Gasteiger partial charge in [0.05, 0.1) is 6.42 Å². The third kappa shape index (κ3) is 7.51. The van der Waals surface area contributed by atoms with Crippen molar-refractivity contribution in [1.82, 2.24) is 10.2 Å². The highest BCUT2D eigenvalue weighted by Gasteiger charge is 2.31. The Morgan fingerprint density at radius 2 is 1.57 bits per heavy atom. The van der Waals surface area contributed by atoms with E-state index in [9.17, 15) is 14.0 Å². The number of nitrogens with zero attached hydrogens (tertiary/aromatic N) is 1. The van der Waals surface area contributed by atoms with Gasteiger partial charge in [0.1, 0.15) is 11.9 Å². The Bertz CT molecular complexity index is 1140. The molecule has 3 rings (SSSR count). The Labute approximate surface area is 208 Å². The molecule has 0 fully saturated rings. The molecule has 0 aromatic heterocycles. The summed E-state index contributed by atoms with van der Waals surface area (Å²) in [6.07, 6.45) is 0.482. The van der Waals surface area contributed by atoms with E-state index in [0.29, 0.717) is 18.5 Å². The highest BCUT2D eigenvalue weighted by molar-refractivity contribution is 5.88. The topological polar surface area (TPSA) is 49.4 Å². The van der Waals surface area contributed by atoms with Crippen molar-refractivity contribution in [3.8, 4) is 0 Å². The molecule has 0 saturated carbocycles. The zero-order valence-electron chi connectivity index (χ0n) is 21.1. The summed E-state index contributed by atoms with van der Waals surface area (Å²) < 4.78 is 14.6. The maximum Gasteiger partial charge on any atom is 0.243 e. The van der Waals surface area contributed by atoms with Gasteiger partial charge in [0.25, 0.3) is 0 Å². The molecule has 5 heteroatoms. The Morgan fingerprint density at radius 1 is 0.886 bits per heavy atom. The highest BCUT2D eigenvalue weighted by atomic mass is 19.1. The van der Waals surface area contributed by atoms with Crippen LogP contribution in [-0.2, 0) is 29.0 Å². The number of benzene rings is 3. The average Bonchev–Trinajstić information content (AvgIpc) is 2.83. The smallest absolute Gasteiger partial charge is 0.243 e. The normalized spacial score (nSPS) is 11.8. The molecule has 0 bridgehead atoms. The van der Waals surface area contributed by atoms with Crippen molar-refractivity contribution in [3.63, 3.8) is 0 Å². The molecule has 0 aliphatic heterocycles. The number of halogens is 1. The van der Waals surface area contributed by atoms with E-state index in [1.165, 1.54) is 11.0 Å². The van der Waals surface area contributed by atoms with Crippen LogP contribution < -0.4 is 5.32 Å². The lowest BCUT2D eigenvalue weighted by molar-refractivity contribution is -0.140.